The third kappa shape index (κ3) is 1.88. The van der Waals surface area contributed by atoms with Crippen molar-refractivity contribution in [3.05, 3.63) is 36.5 Å². The van der Waals surface area contributed by atoms with Crippen molar-refractivity contribution in [2.75, 3.05) is 0 Å². The van der Waals surface area contributed by atoms with Gasteiger partial charge in [0.2, 0.25) is 0 Å². The van der Waals surface area contributed by atoms with Crippen LogP contribution in [0.5, 0.6) is 0 Å². The highest BCUT2D eigenvalue weighted by Gasteiger charge is 2.12. The Morgan fingerprint density at radius 3 is 2.94 bits per heavy atom. The number of hydrogen-bond donors (Lipinski definition) is 0. The van der Waals surface area contributed by atoms with Crippen molar-refractivity contribution >= 4 is 5.78 Å². The van der Waals surface area contributed by atoms with E-state index in [9.17, 15) is 0 Å². The van der Waals surface area contributed by atoms with E-state index in [4.69, 9.17) is 4.42 Å². The molecule has 0 bridgehead atoms. The van der Waals surface area contributed by atoms with Gasteiger partial charge in [0, 0.05) is 12.6 Å². The number of hydrogen-bond acceptors (Lipinski definition) is 4. The lowest BCUT2D eigenvalue weighted by Crippen LogP contribution is -1.98. The van der Waals surface area contributed by atoms with Crippen LogP contribution < -0.4 is 0 Å². The van der Waals surface area contributed by atoms with Crippen molar-refractivity contribution in [2.24, 2.45) is 5.92 Å². The van der Waals surface area contributed by atoms with Crippen LogP contribution in [0.1, 0.15) is 19.7 Å². The second kappa shape index (κ2) is 4.25. The van der Waals surface area contributed by atoms with Gasteiger partial charge in [-0.05, 0) is 24.1 Å². The predicted octanol–water partition coefficient (Wildman–Crippen LogP) is 2.58. The minimum atomic E-state index is 0.523. The molecule has 3 rings (SSSR count). The summed E-state index contributed by atoms with van der Waals surface area (Å²) in [5, 5.41) is 4.49. The molecule has 0 radical (unpaired) electrons. The molecule has 18 heavy (non-hydrogen) atoms. The summed E-state index contributed by atoms with van der Waals surface area (Å²) in [5.74, 6) is 2.72. The van der Waals surface area contributed by atoms with Crippen LogP contribution in [-0.4, -0.2) is 19.6 Å². The first kappa shape index (κ1) is 11.0. The second-order valence-electron chi connectivity index (χ2n) is 4.65. The summed E-state index contributed by atoms with van der Waals surface area (Å²) in [4.78, 5) is 8.65. The van der Waals surface area contributed by atoms with E-state index >= 15 is 0 Å². The molecule has 92 valence electrons. The summed E-state index contributed by atoms with van der Waals surface area (Å²) in [6, 6.07) is 5.63. The minimum Gasteiger partial charge on any atom is -0.463 e. The van der Waals surface area contributed by atoms with Crippen molar-refractivity contribution in [3.8, 4) is 11.5 Å². The first-order chi connectivity index (χ1) is 8.74. The Bertz CT molecular complexity index is 655. The molecule has 0 saturated carbocycles. The van der Waals surface area contributed by atoms with Gasteiger partial charge in [-0.2, -0.15) is 9.50 Å². The first-order valence-electron chi connectivity index (χ1n) is 5.98. The maximum atomic E-state index is 5.40. The van der Waals surface area contributed by atoms with Crippen LogP contribution in [0.25, 0.3) is 17.2 Å². The van der Waals surface area contributed by atoms with Crippen molar-refractivity contribution in [3.63, 3.8) is 0 Å². The zero-order chi connectivity index (χ0) is 12.5. The summed E-state index contributed by atoms with van der Waals surface area (Å²) in [5.41, 5.74) is 0.868. The highest BCUT2D eigenvalue weighted by atomic mass is 16.3. The maximum absolute atomic E-state index is 5.40. The molecule has 5 heteroatoms. The lowest BCUT2D eigenvalue weighted by atomic mass is 10.1. The van der Waals surface area contributed by atoms with Crippen molar-refractivity contribution in [1.82, 2.24) is 19.6 Å². The van der Waals surface area contributed by atoms with Gasteiger partial charge in [-0.25, -0.2) is 4.98 Å². The Balaban J connectivity index is 2.13. The molecule has 0 amide bonds. The molecule has 0 N–H and O–H groups in total. The number of nitrogens with zero attached hydrogens (tertiary/aromatic N) is 4. The zero-order valence-electron chi connectivity index (χ0n) is 10.4. The van der Waals surface area contributed by atoms with E-state index in [-0.39, 0.29) is 0 Å². The Morgan fingerprint density at radius 1 is 1.33 bits per heavy atom. The summed E-state index contributed by atoms with van der Waals surface area (Å²) >= 11 is 0. The van der Waals surface area contributed by atoms with Crippen molar-refractivity contribution < 1.29 is 4.42 Å². The number of rotatable bonds is 3. The van der Waals surface area contributed by atoms with E-state index < -0.39 is 0 Å². The zero-order valence-corrected chi connectivity index (χ0v) is 10.4. The molecule has 3 aromatic heterocycles. The third-order valence-corrected chi connectivity index (χ3v) is 2.65. The van der Waals surface area contributed by atoms with Gasteiger partial charge in [0.25, 0.3) is 5.78 Å². The molecule has 0 saturated heterocycles. The van der Waals surface area contributed by atoms with Gasteiger partial charge in [0.1, 0.15) is 5.69 Å². The van der Waals surface area contributed by atoms with Crippen LogP contribution in [0.2, 0.25) is 0 Å². The molecule has 3 heterocycles. The maximum Gasteiger partial charge on any atom is 0.253 e. The van der Waals surface area contributed by atoms with E-state index in [2.05, 4.69) is 28.9 Å². The van der Waals surface area contributed by atoms with Crippen LogP contribution in [0.15, 0.2) is 35.1 Å². The fourth-order valence-electron chi connectivity index (χ4n) is 1.90. The number of fused-ring (bicyclic) bond motifs is 1. The van der Waals surface area contributed by atoms with Crippen molar-refractivity contribution in [1.29, 1.82) is 0 Å². The quantitative estimate of drug-likeness (QED) is 0.708. The van der Waals surface area contributed by atoms with Gasteiger partial charge in [0.15, 0.2) is 11.6 Å². The van der Waals surface area contributed by atoms with Gasteiger partial charge >= 0.3 is 0 Å². The summed E-state index contributed by atoms with van der Waals surface area (Å²) < 4.78 is 7.13. The number of aromatic nitrogens is 4. The van der Waals surface area contributed by atoms with Crippen LogP contribution in [-0.2, 0) is 6.42 Å². The van der Waals surface area contributed by atoms with E-state index in [0.717, 1.165) is 23.7 Å². The van der Waals surface area contributed by atoms with E-state index in [1.807, 2.05) is 18.2 Å². The molecule has 0 fully saturated rings. The van der Waals surface area contributed by atoms with E-state index in [1.165, 1.54) is 0 Å². The fourth-order valence-corrected chi connectivity index (χ4v) is 1.90. The highest BCUT2D eigenvalue weighted by molar-refractivity contribution is 5.54. The van der Waals surface area contributed by atoms with Crippen LogP contribution in [0.3, 0.4) is 0 Å². The topological polar surface area (TPSA) is 56.2 Å². The Kier molecular flexibility index (Phi) is 2.59. The summed E-state index contributed by atoms with van der Waals surface area (Å²) in [6.45, 7) is 4.29. The molecular weight excluding hydrogens is 228 g/mol. The molecule has 0 atom stereocenters. The number of furan rings is 1. The van der Waals surface area contributed by atoms with Gasteiger partial charge in [0.05, 0.1) is 6.26 Å². The predicted molar refractivity (Wildman–Crippen MR) is 67.0 cm³/mol. The highest BCUT2D eigenvalue weighted by Crippen LogP contribution is 2.19. The molecule has 0 spiro atoms. The monoisotopic (exact) mass is 242 g/mol. The van der Waals surface area contributed by atoms with E-state index in [0.29, 0.717) is 11.7 Å². The first-order valence-corrected chi connectivity index (χ1v) is 5.98. The SMILES string of the molecule is CC(C)Cc1nc2nccc(-c3ccco3)n2n1. The Morgan fingerprint density at radius 2 is 2.22 bits per heavy atom. The molecule has 0 aliphatic heterocycles. The van der Waals surface area contributed by atoms with Gasteiger partial charge in [-0.15, -0.1) is 5.10 Å². The van der Waals surface area contributed by atoms with Crippen molar-refractivity contribution in [2.45, 2.75) is 20.3 Å². The molecule has 0 aliphatic rings. The fraction of sp³-hybridized carbons (Fsp3) is 0.308. The standard InChI is InChI=1S/C13H14N4O/c1-9(2)8-12-15-13-14-6-5-10(17(13)16-12)11-4-3-7-18-11/h3-7,9H,8H2,1-2H3. The van der Waals surface area contributed by atoms with Crippen LogP contribution in [0, 0.1) is 5.92 Å². The second-order valence-corrected chi connectivity index (χ2v) is 4.65. The summed E-state index contributed by atoms with van der Waals surface area (Å²) in [7, 11) is 0. The molecule has 3 aromatic rings. The molecule has 0 aliphatic carbocycles. The Labute approximate surface area is 104 Å². The third-order valence-electron chi connectivity index (χ3n) is 2.65. The summed E-state index contributed by atoms with van der Waals surface area (Å²) in [6.07, 6.45) is 4.22. The molecule has 0 aromatic carbocycles. The minimum absolute atomic E-state index is 0.523. The van der Waals surface area contributed by atoms with Crippen LogP contribution in [0.4, 0.5) is 0 Å². The average Bonchev–Trinajstić information content (AvgIpc) is 2.94. The van der Waals surface area contributed by atoms with Gasteiger partial charge < -0.3 is 4.42 Å². The van der Waals surface area contributed by atoms with Gasteiger partial charge in [-0.3, -0.25) is 0 Å². The lowest BCUT2D eigenvalue weighted by Gasteiger charge is -1.99. The normalized spacial score (nSPS) is 11.5. The average molecular weight is 242 g/mol. The Hall–Kier alpha value is -2.17. The molecule has 0 unspecified atom stereocenters. The molecule has 5 nitrogen and oxygen atoms in total. The lowest BCUT2D eigenvalue weighted by molar-refractivity contribution is 0.576. The molecular formula is C13H14N4O. The van der Waals surface area contributed by atoms with E-state index in [1.54, 1.807) is 17.0 Å². The van der Waals surface area contributed by atoms with Crippen LogP contribution >= 0.6 is 0 Å². The largest absolute Gasteiger partial charge is 0.463 e. The smallest absolute Gasteiger partial charge is 0.253 e. The van der Waals surface area contributed by atoms with Gasteiger partial charge in [-0.1, -0.05) is 13.8 Å².